The average Bonchev–Trinajstić information content (AvgIpc) is 3.48. The fraction of sp³-hybridized carbons (Fsp3) is 0.333. The highest BCUT2D eigenvalue weighted by Gasteiger charge is 2.40. The number of ether oxygens (including phenoxy) is 1. The molecule has 3 N–H and O–H groups in total. The number of carbonyl (C=O) groups excluding carboxylic acids is 2. The van der Waals surface area contributed by atoms with Gasteiger partial charge in [-0.25, -0.2) is 12.8 Å². The van der Waals surface area contributed by atoms with Crippen LogP contribution in [0.3, 0.4) is 0 Å². The molecule has 0 bridgehead atoms. The molecule has 1 fully saturated rings. The second-order valence-electron chi connectivity index (χ2n) is 10.1. The van der Waals surface area contributed by atoms with Crippen LogP contribution in [-0.2, 0) is 24.3 Å². The lowest BCUT2D eigenvalue weighted by Crippen LogP contribution is -2.46. The molecule has 12 heteroatoms. The maximum Gasteiger partial charge on any atom is 0.323 e. The van der Waals surface area contributed by atoms with Gasteiger partial charge in [0.1, 0.15) is 17.2 Å². The summed E-state index contributed by atoms with van der Waals surface area (Å²) in [4.78, 5) is 25.8. The van der Waals surface area contributed by atoms with Gasteiger partial charge in [0.15, 0.2) is 0 Å². The SMILES string of the molecule is CC(C)[C@H](N)C(=O)OCC[C@H](NC(=O)[C@@H]1SCCN1S(=O)(=O)c1ccc(-c2ccccc2)cc1)c1ccc(F)cc1.Cl. The number of thioether (sulfide) groups is 1. The number of nitrogens with one attached hydrogen (secondary N) is 1. The molecule has 1 aliphatic rings. The Morgan fingerprint density at radius 3 is 2.26 bits per heavy atom. The lowest BCUT2D eigenvalue weighted by Gasteiger charge is -2.26. The van der Waals surface area contributed by atoms with Gasteiger partial charge >= 0.3 is 5.97 Å². The van der Waals surface area contributed by atoms with E-state index in [2.05, 4.69) is 5.32 Å². The van der Waals surface area contributed by atoms with Crippen LogP contribution in [0.4, 0.5) is 4.39 Å². The third-order valence-corrected chi connectivity index (χ3v) is 10.1. The Kier molecular flexibility index (Phi) is 12.0. The van der Waals surface area contributed by atoms with E-state index in [1.165, 1.54) is 40.3 Å². The maximum atomic E-state index is 13.6. The minimum Gasteiger partial charge on any atom is -0.464 e. The summed E-state index contributed by atoms with van der Waals surface area (Å²) in [5, 5.41) is 1.90. The van der Waals surface area contributed by atoms with Crippen LogP contribution in [-0.4, -0.2) is 54.9 Å². The van der Waals surface area contributed by atoms with E-state index in [9.17, 15) is 22.4 Å². The number of nitrogens with two attached hydrogens (primary N) is 1. The van der Waals surface area contributed by atoms with Gasteiger partial charge < -0.3 is 15.8 Å². The van der Waals surface area contributed by atoms with Gasteiger partial charge in [0.25, 0.3) is 0 Å². The minimum absolute atomic E-state index is 0. The quantitative estimate of drug-likeness (QED) is 0.292. The third-order valence-electron chi connectivity index (χ3n) is 6.87. The van der Waals surface area contributed by atoms with Crippen molar-refractivity contribution in [1.29, 1.82) is 0 Å². The highest BCUT2D eigenvalue weighted by molar-refractivity contribution is 8.02. The Balaban J connectivity index is 0.00000484. The number of esters is 1. The molecule has 8 nitrogen and oxygen atoms in total. The Morgan fingerprint density at radius 1 is 1.02 bits per heavy atom. The standard InChI is InChI=1S/C30H34FN3O5S2.ClH/c1-20(2)27(32)30(36)39-18-16-26(23-8-12-24(31)13-9-23)33-28(35)29-34(17-19-40-29)41(37,38)25-14-10-22(11-15-25)21-6-4-3-5-7-21;/h3-15,20,26-27,29H,16-19,32H2,1-2H3,(H,33,35);1H/t26-,27-,29-;/m0./s1. The van der Waals surface area contributed by atoms with Crippen molar-refractivity contribution in [2.24, 2.45) is 11.7 Å². The summed E-state index contributed by atoms with van der Waals surface area (Å²) in [5.74, 6) is -1.14. The summed E-state index contributed by atoms with van der Waals surface area (Å²) in [6, 6.07) is 20.4. The summed E-state index contributed by atoms with van der Waals surface area (Å²) in [7, 11) is -3.96. The number of rotatable bonds is 11. The second-order valence-corrected chi connectivity index (χ2v) is 13.1. The average molecular weight is 636 g/mol. The predicted molar refractivity (Wildman–Crippen MR) is 165 cm³/mol. The first-order valence-electron chi connectivity index (χ1n) is 13.3. The van der Waals surface area contributed by atoms with Crippen LogP contribution in [0.1, 0.15) is 31.9 Å². The van der Waals surface area contributed by atoms with Crippen LogP contribution < -0.4 is 11.1 Å². The molecule has 3 aromatic rings. The van der Waals surface area contributed by atoms with Crippen LogP contribution in [0.15, 0.2) is 83.8 Å². The Morgan fingerprint density at radius 2 is 1.64 bits per heavy atom. The van der Waals surface area contributed by atoms with E-state index >= 15 is 0 Å². The summed E-state index contributed by atoms with van der Waals surface area (Å²) >= 11 is 1.23. The topological polar surface area (TPSA) is 119 Å². The summed E-state index contributed by atoms with van der Waals surface area (Å²) in [5.41, 5.74) is 8.30. The van der Waals surface area contributed by atoms with Crippen molar-refractivity contribution in [3.05, 3.63) is 90.2 Å². The van der Waals surface area contributed by atoms with Gasteiger partial charge in [-0.05, 0) is 46.9 Å². The summed E-state index contributed by atoms with van der Waals surface area (Å²) in [6.45, 7) is 3.76. The molecule has 0 spiro atoms. The molecule has 226 valence electrons. The van der Waals surface area contributed by atoms with Gasteiger partial charge in [-0.1, -0.05) is 68.4 Å². The monoisotopic (exact) mass is 635 g/mol. The Labute approximate surface area is 256 Å². The van der Waals surface area contributed by atoms with Crippen molar-refractivity contribution < 1.29 is 27.1 Å². The first kappa shape index (κ1) is 33.5. The second kappa shape index (κ2) is 15.0. The first-order valence-corrected chi connectivity index (χ1v) is 15.8. The molecular formula is C30H35ClFN3O5S2. The number of benzene rings is 3. The van der Waals surface area contributed by atoms with Crippen LogP contribution >= 0.6 is 24.2 Å². The molecule has 1 heterocycles. The van der Waals surface area contributed by atoms with Crippen LogP contribution in [0, 0.1) is 11.7 Å². The van der Waals surface area contributed by atoms with Gasteiger partial charge in [0, 0.05) is 18.7 Å². The number of sulfonamides is 1. The van der Waals surface area contributed by atoms with Gasteiger partial charge in [-0.2, -0.15) is 4.31 Å². The first-order chi connectivity index (χ1) is 19.6. The van der Waals surface area contributed by atoms with E-state index in [1.807, 2.05) is 44.2 Å². The zero-order valence-corrected chi connectivity index (χ0v) is 25.8. The fourth-order valence-corrected chi connectivity index (χ4v) is 7.48. The molecule has 3 aromatic carbocycles. The maximum absolute atomic E-state index is 13.6. The molecule has 0 aromatic heterocycles. The molecular weight excluding hydrogens is 601 g/mol. The molecule has 3 atom stereocenters. The Bertz CT molecular complexity index is 1440. The molecule has 1 saturated heterocycles. The number of hydrogen-bond donors (Lipinski definition) is 2. The molecule has 4 rings (SSSR count). The number of nitrogens with zero attached hydrogens (tertiary/aromatic N) is 1. The predicted octanol–water partition coefficient (Wildman–Crippen LogP) is 4.75. The van der Waals surface area contributed by atoms with E-state index in [0.717, 1.165) is 11.1 Å². The Hall–Kier alpha value is -2.96. The van der Waals surface area contributed by atoms with Gasteiger partial charge in [-0.15, -0.1) is 24.2 Å². The van der Waals surface area contributed by atoms with Crippen molar-refractivity contribution >= 4 is 46.1 Å². The fourth-order valence-electron chi connectivity index (χ4n) is 4.40. The van der Waals surface area contributed by atoms with E-state index in [4.69, 9.17) is 10.5 Å². The zero-order valence-electron chi connectivity index (χ0n) is 23.3. The van der Waals surface area contributed by atoms with Gasteiger partial charge in [0.2, 0.25) is 15.9 Å². The van der Waals surface area contributed by atoms with Gasteiger partial charge in [0.05, 0.1) is 17.5 Å². The smallest absolute Gasteiger partial charge is 0.323 e. The number of amides is 1. The van der Waals surface area contributed by atoms with Crippen LogP contribution in [0.2, 0.25) is 0 Å². The zero-order chi connectivity index (χ0) is 29.6. The van der Waals surface area contributed by atoms with E-state index in [0.29, 0.717) is 11.3 Å². The van der Waals surface area contributed by atoms with Crippen LogP contribution in [0.5, 0.6) is 0 Å². The van der Waals surface area contributed by atoms with Gasteiger partial charge in [-0.3, -0.25) is 9.59 Å². The summed E-state index contributed by atoms with van der Waals surface area (Å²) < 4.78 is 47.3. The molecule has 1 aliphatic heterocycles. The van der Waals surface area contributed by atoms with Crippen molar-refractivity contribution in [1.82, 2.24) is 9.62 Å². The molecule has 0 saturated carbocycles. The summed E-state index contributed by atoms with van der Waals surface area (Å²) in [6.07, 6.45) is 0.193. The number of carbonyl (C=O) groups is 2. The molecule has 42 heavy (non-hydrogen) atoms. The molecule has 0 radical (unpaired) electrons. The third kappa shape index (κ3) is 8.11. The number of hydrogen-bond acceptors (Lipinski definition) is 7. The molecule has 0 aliphatic carbocycles. The van der Waals surface area contributed by atoms with Crippen molar-refractivity contribution in [3.63, 3.8) is 0 Å². The molecule has 0 unspecified atom stereocenters. The van der Waals surface area contributed by atoms with Crippen molar-refractivity contribution in [2.75, 3.05) is 18.9 Å². The molecule has 1 amide bonds. The van der Waals surface area contributed by atoms with E-state index < -0.39 is 45.2 Å². The highest BCUT2D eigenvalue weighted by atomic mass is 35.5. The lowest BCUT2D eigenvalue weighted by atomic mass is 10.0. The van der Waals surface area contributed by atoms with E-state index in [-0.39, 0.29) is 42.8 Å². The van der Waals surface area contributed by atoms with Crippen molar-refractivity contribution in [3.8, 4) is 11.1 Å². The van der Waals surface area contributed by atoms with Crippen molar-refractivity contribution in [2.45, 2.75) is 42.6 Å². The lowest BCUT2D eigenvalue weighted by molar-refractivity contribution is -0.146. The van der Waals surface area contributed by atoms with Crippen LogP contribution in [0.25, 0.3) is 11.1 Å². The number of halogens is 2. The largest absolute Gasteiger partial charge is 0.464 e. The highest BCUT2D eigenvalue weighted by Crippen LogP contribution is 2.32. The minimum atomic E-state index is -3.96. The normalized spacial score (nSPS) is 16.8. The van der Waals surface area contributed by atoms with E-state index in [1.54, 1.807) is 24.3 Å².